The molecule has 1 amide bonds. The molecule has 1 aromatic carbocycles. The number of hydrogen-bond acceptors (Lipinski definition) is 3. The molecule has 108 valence electrons. The standard InChI is InChI=1S/C15H13ClN2O3/c16-12-3-1-10(2-4-12)5-7-18-14(19)11-6-8-17-13(9-11)15(20)21/h1-4,6,8-9H,5,7H2,(H,18,19)(H,20,21). The van der Waals surface area contributed by atoms with Crippen molar-refractivity contribution in [3.8, 4) is 0 Å². The quantitative estimate of drug-likeness (QED) is 0.889. The van der Waals surface area contributed by atoms with Gasteiger partial charge in [0.25, 0.3) is 5.91 Å². The van der Waals surface area contributed by atoms with Gasteiger partial charge in [0.2, 0.25) is 0 Å². The predicted molar refractivity (Wildman–Crippen MR) is 78.7 cm³/mol. The summed E-state index contributed by atoms with van der Waals surface area (Å²) in [7, 11) is 0. The molecule has 1 heterocycles. The number of rotatable bonds is 5. The molecule has 0 atom stereocenters. The number of aromatic nitrogens is 1. The predicted octanol–water partition coefficient (Wildman–Crippen LogP) is 2.41. The van der Waals surface area contributed by atoms with Crippen LogP contribution in [0.5, 0.6) is 0 Å². The van der Waals surface area contributed by atoms with E-state index in [2.05, 4.69) is 10.3 Å². The molecule has 2 rings (SSSR count). The second-order valence-corrected chi connectivity index (χ2v) is 4.80. The molecule has 2 N–H and O–H groups in total. The van der Waals surface area contributed by atoms with Crippen LogP contribution in [0.15, 0.2) is 42.6 Å². The van der Waals surface area contributed by atoms with Gasteiger partial charge in [0.1, 0.15) is 5.69 Å². The average molecular weight is 305 g/mol. The van der Waals surface area contributed by atoms with E-state index in [1.165, 1.54) is 18.3 Å². The normalized spacial score (nSPS) is 10.1. The summed E-state index contributed by atoms with van der Waals surface area (Å²) in [5.74, 6) is -1.49. The van der Waals surface area contributed by atoms with E-state index in [9.17, 15) is 9.59 Å². The molecule has 0 aliphatic rings. The Bertz CT molecular complexity index is 656. The Labute approximate surface area is 126 Å². The molecular weight excluding hydrogens is 292 g/mol. The zero-order valence-electron chi connectivity index (χ0n) is 11.0. The molecule has 0 aliphatic carbocycles. The largest absolute Gasteiger partial charge is 0.477 e. The number of nitrogens with zero attached hydrogens (tertiary/aromatic N) is 1. The summed E-state index contributed by atoms with van der Waals surface area (Å²) in [5.41, 5.74) is 1.18. The van der Waals surface area contributed by atoms with Crippen LogP contribution in [0.3, 0.4) is 0 Å². The third-order valence-corrected chi connectivity index (χ3v) is 3.11. The van der Waals surface area contributed by atoms with Crippen molar-refractivity contribution in [1.82, 2.24) is 10.3 Å². The minimum Gasteiger partial charge on any atom is -0.477 e. The van der Waals surface area contributed by atoms with E-state index in [4.69, 9.17) is 16.7 Å². The van der Waals surface area contributed by atoms with Gasteiger partial charge in [-0.05, 0) is 36.2 Å². The number of hydrogen-bond donors (Lipinski definition) is 2. The molecule has 0 fully saturated rings. The number of pyridine rings is 1. The van der Waals surface area contributed by atoms with Crippen LogP contribution in [0.1, 0.15) is 26.4 Å². The summed E-state index contributed by atoms with van der Waals surface area (Å²) < 4.78 is 0. The number of halogens is 1. The second kappa shape index (κ2) is 6.85. The van der Waals surface area contributed by atoms with E-state index >= 15 is 0 Å². The van der Waals surface area contributed by atoms with Gasteiger partial charge in [-0.1, -0.05) is 23.7 Å². The first-order valence-electron chi connectivity index (χ1n) is 6.28. The fourth-order valence-corrected chi connectivity index (χ4v) is 1.89. The molecule has 0 unspecified atom stereocenters. The third-order valence-electron chi connectivity index (χ3n) is 2.85. The van der Waals surface area contributed by atoms with Crippen LogP contribution in [0.4, 0.5) is 0 Å². The number of benzene rings is 1. The van der Waals surface area contributed by atoms with E-state index in [0.29, 0.717) is 18.0 Å². The molecule has 1 aromatic heterocycles. The maximum atomic E-state index is 11.9. The summed E-state index contributed by atoms with van der Waals surface area (Å²) in [6, 6.07) is 10.1. The summed E-state index contributed by atoms with van der Waals surface area (Å²) >= 11 is 5.79. The van der Waals surface area contributed by atoms with Crippen molar-refractivity contribution >= 4 is 23.5 Å². The SMILES string of the molecule is O=C(NCCc1ccc(Cl)cc1)c1ccnc(C(=O)O)c1. The van der Waals surface area contributed by atoms with Crippen molar-refractivity contribution in [3.05, 3.63) is 64.4 Å². The Morgan fingerprint density at radius 1 is 1.19 bits per heavy atom. The van der Waals surface area contributed by atoms with Crippen molar-refractivity contribution < 1.29 is 14.7 Å². The third kappa shape index (κ3) is 4.29. The molecule has 0 radical (unpaired) electrons. The van der Waals surface area contributed by atoms with Crippen LogP contribution in [-0.2, 0) is 6.42 Å². The summed E-state index contributed by atoms with van der Waals surface area (Å²) in [4.78, 5) is 26.4. The molecule has 6 heteroatoms. The number of amides is 1. The van der Waals surface area contributed by atoms with Crippen LogP contribution in [0.2, 0.25) is 5.02 Å². The van der Waals surface area contributed by atoms with Gasteiger partial charge < -0.3 is 10.4 Å². The first-order chi connectivity index (χ1) is 10.1. The van der Waals surface area contributed by atoms with Crippen LogP contribution in [-0.4, -0.2) is 28.5 Å². The van der Waals surface area contributed by atoms with E-state index in [0.717, 1.165) is 5.56 Å². The lowest BCUT2D eigenvalue weighted by Gasteiger charge is -2.06. The molecule has 0 bridgehead atoms. The Hall–Kier alpha value is -2.40. The van der Waals surface area contributed by atoms with E-state index < -0.39 is 5.97 Å². The first kappa shape index (κ1) is 15.0. The lowest BCUT2D eigenvalue weighted by atomic mass is 10.1. The molecule has 21 heavy (non-hydrogen) atoms. The summed E-state index contributed by atoms with van der Waals surface area (Å²) in [5, 5.41) is 12.2. The fraction of sp³-hybridized carbons (Fsp3) is 0.133. The lowest BCUT2D eigenvalue weighted by Crippen LogP contribution is -2.26. The first-order valence-corrected chi connectivity index (χ1v) is 6.66. The van der Waals surface area contributed by atoms with Crippen LogP contribution in [0.25, 0.3) is 0 Å². The van der Waals surface area contributed by atoms with Gasteiger partial charge in [0, 0.05) is 23.3 Å². The Balaban J connectivity index is 1.91. The lowest BCUT2D eigenvalue weighted by molar-refractivity contribution is 0.0690. The van der Waals surface area contributed by atoms with E-state index in [1.54, 1.807) is 12.1 Å². The Kier molecular flexibility index (Phi) is 4.90. The molecule has 0 spiro atoms. The highest BCUT2D eigenvalue weighted by Crippen LogP contribution is 2.09. The van der Waals surface area contributed by atoms with Gasteiger partial charge in [-0.15, -0.1) is 0 Å². The Morgan fingerprint density at radius 2 is 1.90 bits per heavy atom. The van der Waals surface area contributed by atoms with Crippen molar-refractivity contribution in [2.24, 2.45) is 0 Å². The molecule has 2 aromatic rings. The van der Waals surface area contributed by atoms with Gasteiger partial charge in [-0.2, -0.15) is 0 Å². The number of nitrogens with one attached hydrogen (secondary N) is 1. The maximum Gasteiger partial charge on any atom is 0.354 e. The van der Waals surface area contributed by atoms with Gasteiger partial charge in [-0.25, -0.2) is 9.78 Å². The second-order valence-electron chi connectivity index (χ2n) is 4.37. The summed E-state index contributed by atoms with van der Waals surface area (Å²) in [6.07, 6.45) is 1.97. The van der Waals surface area contributed by atoms with Gasteiger partial charge in [0.15, 0.2) is 0 Å². The van der Waals surface area contributed by atoms with E-state index in [-0.39, 0.29) is 17.2 Å². The zero-order chi connectivity index (χ0) is 15.2. The van der Waals surface area contributed by atoms with E-state index in [1.807, 2.05) is 12.1 Å². The zero-order valence-corrected chi connectivity index (χ0v) is 11.8. The molecule has 0 saturated heterocycles. The average Bonchev–Trinajstić information content (AvgIpc) is 2.49. The van der Waals surface area contributed by atoms with Crippen molar-refractivity contribution in [2.45, 2.75) is 6.42 Å². The van der Waals surface area contributed by atoms with Crippen LogP contribution in [0, 0.1) is 0 Å². The number of aromatic carboxylic acids is 1. The number of carbonyl (C=O) groups excluding carboxylic acids is 1. The minimum atomic E-state index is -1.16. The number of carboxylic acid groups (broad SMARTS) is 1. The molecule has 0 aliphatic heterocycles. The molecule has 5 nitrogen and oxygen atoms in total. The molecular formula is C15H13ClN2O3. The monoisotopic (exact) mass is 304 g/mol. The van der Waals surface area contributed by atoms with Crippen molar-refractivity contribution in [1.29, 1.82) is 0 Å². The van der Waals surface area contributed by atoms with Crippen LogP contribution >= 0.6 is 11.6 Å². The maximum absolute atomic E-state index is 11.9. The number of carbonyl (C=O) groups is 2. The topological polar surface area (TPSA) is 79.3 Å². The highest BCUT2D eigenvalue weighted by Gasteiger charge is 2.10. The van der Waals surface area contributed by atoms with Gasteiger partial charge in [0.05, 0.1) is 0 Å². The smallest absolute Gasteiger partial charge is 0.354 e. The highest BCUT2D eigenvalue weighted by atomic mass is 35.5. The highest BCUT2D eigenvalue weighted by molar-refractivity contribution is 6.30. The van der Waals surface area contributed by atoms with Crippen molar-refractivity contribution in [2.75, 3.05) is 6.54 Å². The van der Waals surface area contributed by atoms with Crippen LogP contribution < -0.4 is 5.32 Å². The minimum absolute atomic E-state index is 0.152. The number of carboxylic acids is 1. The fourth-order valence-electron chi connectivity index (χ4n) is 1.76. The van der Waals surface area contributed by atoms with Gasteiger partial charge in [-0.3, -0.25) is 4.79 Å². The molecule has 0 saturated carbocycles. The van der Waals surface area contributed by atoms with Crippen molar-refractivity contribution in [3.63, 3.8) is 0 Å². The van der Waals surface area contributed by atoms with Gasteiger partial charge >= 0.3 is 5.97 Å². The summed E-state index contributed by atoms with van der Waals surface area (Å²) in [6.45, 7) is 0.450. The Morgan fingerprint density at radius 3 is 2.57 bits per heavy atom.